The summed E-state index contributed by atoms with van der Waals surface area (Å²) >= 11 is 3.61. The zero-order valence-electron chi connectivity index (χ0n) is 13.7. The van der Waals surface area contributed by atoms with Crippen molar-refractivity contribution in [1.29, 1.82) is 0 Å². The number of nitrogens with one attached hydrogen (secondary N) is 1. The van der Waals surface area contributed by atoms with E-state index in [0.717, 1.165) is 22.7 Å². The van der Waals surface area contributed by atoms with Gasteiger partial charge in [-0.05, 0) is 49.8 Å². The van der Waals surface area contributed by atoms with Crippen molar-refractivity contribution in [2.24, 2.45) is 5.92 Å². The standard InChI is InChI=1S/C18H28BrNO/c1-12(2)20-11-15-10-16(19)9-14(4)18(15)21-17-7-5-6-13(3)8-17/h9-10,12-13,17,20H,5-8,11H2,1-4H3. The van der Waals surface area contributed by atoms with E-state index in [0.29, 0.717) is 12.1 Å². The molecule has 1 saturated carbocycles. The molecule has 21 heavy (non-hydrogen) atoms. The average molecular weight is 354 g/mol. The fourth-order valence-electron chi connectivity index (χ4n) is 3.07. The number of aryl methyl sites for hydroxylation is 1. The van der Waals surface area contributed by atoms with Gasteiger partial charge in [-0.1, -0.05) is 43.1 Å². The molecule has 0 radical (unpaired) electrons. The second-order valence-electron chi connectivity index (χ2n) is 6.76. The molecule has 2 rings (SSSR count). The number of ether oxygens (including phenoxy) is 1. The van der Waals surface area contributed by atoms with Gasteiger partial charge < -0.3 is 10.1 Å². The normalized spacial score (nSPS) is 22.6. The van der Waals surface area contributed by atoms with E-state index in [1.165, 1.54) is 36.8 Å². The second kappa shape index (κ2) is 7.64. The molecule has 1 N–H and O–H groups in total. The van der Waals surface area contributed by atoms with Crippen molar-refractivity contribution in [2.45, 2.75) is 72.1 Å². The van der Waals surface area contributed by atoms with E-state index in [2.05, 4.69) is 61.1 Å². The molecule has 1 fully saturated rings. The minimum Gasteiger partial charge on any atom is -0.490 e. The molecule has 1 aliphatic rings. The molecule has 1 aromatic rings. The fourth-order valence-corrected chi connectivity index (χ4v) is 3.69. The highest BCUT2D eigenvalue weighted by molar-refractivity contribution is 9.10. The molecule has 2 nitrogen and oxygen atoms in total. The molecular weight excluding hydrogens is 326 g/mol. The van der Waals surface area contributed by atoms with Crippen LogP contribution >= 0.6 is 15.9 Å². The monoisotopic (exact) mass is 353 g/mol. The smallest absolute Gasteiger partial charge is 0.127 e. The molecule has 3 heteroatoms. The minimum atomic E-state index is 0.381. The maximum Gasteiger partial charge on any atom is 0.127 e. The van der Waals surface area contributed by atoms with Crippen LogP contribution in [-0.2, 0) is 6.54 Å². The van der Waals surface area contributed by atoms with Gasteiger partial charge in [-0.25, -0.2) is 0 Å². The van der Waals surface area contributed by atoms with E-state index in [1.54, 1.807) is 0 Å². The van der Waals surface area contributed by atoms with Gasteiger partial charge in [0.05, 0.1) is 6.10 Å². The van der Waals surface area contributed by atoms with Crippen molar-refractivity contribution in [3.63, 3.8) is 0 Å². The van der Waals surface area contributed by atoms with Gasteiger partial charge in [-0.15, -0.1) is 0 Å². The Morgan fingerprint density at radius 3 is 2.76 bits per heavy atom. The summed E-state index contributed by atoms with van der Waals surface area (Å²) in [6.45, 7) is 9.69. The van der Waals surface area contributed by atoms with Gasteiger partial charge in [0.15, 0.2) is 0 Å². The topological polar surface area (TPSA) is 21.3 Å². The van der Waals surface area contributed by atoms with Crippen LogP contribution in [0.2, 0.25) is 0 Å². The third-order valence-corrected chi connectivity index (χ3v) is 4.65. The van der Waals surface area contributed by atoms with Crippen LogP contribution in [0.15, 0.2) is 16.6 Å². The molecule has 0 amide bonds. The summed E-state index contributed by atoms with van der Waals surface area (Å²) in [4.78, 5) is 0. The number of hydrogen-bond acceptors (Lipinski definition) is 2. The lowest BCUT2D eigenvalue weighted by Crippen LogP contribution is -2.26. The van der Waals surface area contributed by atoms with Crippen molar-refractivity contribution in [1.82, 2.24) is 5.32 Å². The summed E-state index contributed by atoms with van der Waals surface area (Å²) in [7, 11) is 0. The van der Waals surface area contributed by atoms with Crippen molar-refractivity contribution >= 4 is 15.9 Å². The van der Waals surface area contributed by atoms with Crippen molar-refractivity contribution in [3.8, 4) is 5.75 Å². The summed E-state index contributed by atoms with van der Waals surface area (Å²) in [6, 6.07) is 4.82. The lowest BCUT2D eigenvalue weighted by molar-refractivity contribution is 0.127. The zero-order valence-corrected chi connectivity index (χ0v) is 15.3. The molecule has 1 aliphatic carbocycles. The second-order valence-corrected chi connectivity index (χ2v) is 7.67. The predicted octanol–water partition coefficient (Wildman–Crippen LogP) is 5.21. The van der Waals surface area contributed by atoms with Crippen LogP contribution in [0.4, 0.5) is 0 Å². The van der Waals surface area contributed by atoms with Crippen LogP contribution in [0, 0.1) is 12.8 Å². The highest BCUT2D eigenvalue weighted by Gasteiger charge is 2.22. The third-order valence-electron chi connectivity index (χ3n) is 4.19. The highest BCUT2D eigenvalue weighted by atomic mass is 79.9. The largest absolute Gasteiger partial charge is 0.490 e. The Morgan fingerprint density at radius 2 is 2.10 bits per heavy atom. The van der Waals surface area contributed by atoms with E-state index >= 15 is 0 Å². The number of rotatable bonds is 5. The quantitative estimate of drug-likeness (QED) is 0.783. The third kappa shape index (κ3) is 5.00. The van der Waals surface area contributed by atoms with E-state index in [4.69, 9.17) is 4.74 Å². The number of hydrogen-bond donors (Lipinski definition) is 1. The van der Waals surface area contributed by atoms with Crippen LogP contribution in [0.3, 0.4) is 0 Å². The van der Waals surface area contributed by atoms with E-state index < -0.39 is 0 Å². The van der Waals surface area contributed by atoms with Crippen molar-refractivity contribution < 1.29 is 4.74 Å². The maximum absolute atomic E-state index is 6.41. The first kappa shape index (κ1) is 16.8. The van der Waals surface area contributed by atoms with Gasteiger partial charge in [-0.2, -0.15) is 0 Å². The summed E-state index contributed by atoms with van der Waals surface area (Å²) in [5.74, 6) is 1.88. The molecule has 2 atom stereocenters. The molecule has 1 aromatic carbocycles. The first-order valence-corrected chi connectivity index (χ1v) is 8.94. The van der Waals surface area contributed by atoms with Gasteiger partial charge in [-0.3, -0.25) is 0 Å². The number of halogens is 1. The lowest BCUT2D eigenvalue weighted by atomic mass is 9.88. The van der Waals surface area contributed by atoms with E-state index in [9.17, 15) is 0 Å². The van der Waals surface area contributed by atoms with Gasteiger partial charge >= 0.3 is 0 Å². The van der Waals surface area contributed by atoms with Crippen molar-refractivity contribution in [3.05, 3.63) is 27.7 Å². The average Bonchev–Trinajstić information content (AvgIpc) is 2.39. The molecule has 0 bridgehead atoms. The first-order valence-electron chi connectivity index (χ1n) is 8.14. The van der Waals surface area contributed by atoms with Crippen LogP contribution in [0.1, 0.15) is 57.6 Å². The highest BCUT2D eigenvalue weighted by Crippen LogP contribution is 2.33. The zero-order chi connectivity index (χ0) is 15.4. The molecule has 0 aliphatic heterocycles. The molecule has 2 unspecified atom stereocenters. The lowest BCUT2D eigenvalue weighted by Gasteiger charge is -2.29. The summed E-state index contributed by atoms with van der Waals surface area (Å²) in [5.41, 5.74) is 2.48. The van der Waals surface area contributed by atoms with Crippen molar-refractivity contribution in [2.75, 3.05) is 0 Å². The van der Waals surface area contributed by atoms with Crippen LogP contribution < -0.4 is 10.1 Å². The van der Waals surface area contributed by atoms with E-state index in [1.807, 2.05) is 0 Å². The minimum absolute atomic E-state index is 0.381. The van der Waals surface area contributed by atoms with Crippen LogP contribution in [-0.4, -0.2) is 12.1 Å². The molecule has 0 spiro atoms. The fraction of sp³-hybridized carbons (Fsp3) is 0.667. The maximum atomic E-state index is 6.41. The Bertz CT molecular complexity index is 473. The van der Waals surface area contributed by atoms with E-state index in [-0.39, 0.29) is 0 Å². The van der Waals surface area contributed by atoms with Gasteiger partial charge in [0, 0.05) is 22.6 Å². The van der Waals surface area contributed by atoms with Crippen LogP contribution in [0.5, 0.6) is 5.75 Å². The number of benzene rings is 1. The summed E-state index contributed by atoms with van der Waals surface area (Å²) < 4.78 is 7.54. The Labute approximate surface area is 137 Å². The molecule has 0 aromatic heterocycles. The molecular formula is C18H28BrNO. The summed E-state index contributed by atoms with van der Waals surface area (Å²) in [6.07, 6.45) is 5.40. The Morgan fingerprint density at radius 1 is 1.33 bits per heavy atom. The Hall–Kier alpha value is -0.540. The van der Waals surface area contributed by atoms with Gasteiger partial charge in [0.25, 0.3) is 0 Å². The Kier molecular flexibility index (Phi) is 6.12. The first-order chi connectivity index (χ1) is 9.95. The Balaban J connectivity index is 2.15. The SMILES string of the molecule is Cc1cc(Br)cc(CNC(C)C)c1OC1CCCC(C)C1. The van der Waals surface area contributed by atoms with Crippen LogP contribution in [0.25, 0.3) is 0 Å². The molecule has 0 saturated heterocycles. The van der Waals surface area contributed by atoms with Gasteiger partial charge in [0.1, 0.15) is 5.75 Å². The summed E-state index contributed by atoms with van der Waals surface area (Å²) in [5, 5.41) is 3.50. The molecule has 118 valence electrons. The predicted molar refractivity (Wildman–Crippen MR) is 92.9 cm³/mol. The molecule has 0 heterocycles. The van der Waals surface area contributed by atoms with Gasteiger partial charge in [0.2, 0.25) is 0 Å².